The van der Waals surface area contributed by atoms with E-state index in [4.69, 9.17) is 10.5 Å². The zero-order valence-corrected chi connectivity index (χ0v) is 13.2. The normalized spacial score (nSPS) is 27.1. The number of nitrogens with zero attached hydrogens (tertiary/aromatic N) is 1. The molecule has 0 aromatic heterocycles. The van der Waals surface area contributed by atoms with Crippen molar-refractivity contribution in [1.29, 1.82) is 0 Å². The molecule has 0 radical (unpaired) electrons. The monoisotopic (exact) mass is 276 g/mol. The van der Waals surface area contributed by atoms with Crippen LogP contribution in [0.4, 0.5) is 0 Å². The van der Waals surface area contributed by atoms with Crippen molar-refractivity contribution in [3.8, 4) is 5.75 Å². The summed E-state index contributed by atoms with van der Waals surface area (Å²) in [7, 11) is 1.71. The fraction of sp³-hybridized carbons (Fsp3) is 0.647. The Morgan fingerprint density at radius 3 is 2.65 bits per heavy atom. The lowest BCUT2D eigenvalue weighted by atomic mass is 9.86. The van der Waals surface area contributed by atoms with Gasteiger partial charge >= 0.3 is 0 Å². The molecule has 2 rings (SSSR count). The SMILES string of the molecule is COc1cccc(C(C(C)N)N2CCC(C)C(C)C2)c1. The van der Waals surface area contributed by atoms with Gasteiger partial charge in [0.15, 0.2) is 0 Å². The Morgan fingerprint density at radius 1 is 1.30 bits per heavy atom. The summed E-state index contributed by atoms with van der Waals surface area (Å²) in [5.74, 6) is 2.45. The fourth-order valence-corrected chi connectivity index (χ4v) is 3.22. The van der Waals surface area contributed by atoms with Crippen LogP contribution >= 0.6 is 0 Å². The van der Waals surface area contributed by atoms with Crippen molar-refractivity contribution in [2.24, 2.45) is 17.6 Å². The predicted molar refractivity (Wildman–Crippen MR) is 83.9 cm³/mol. The van der Waals surface area contributed by atoms with E-state index in [0.29, 0.717) is 0 Å². The Balaban J connectivity index is 2.22. The van der Waals surface area contributed by atoms with Crippen LogP contribution in [0.15, 0.2) is 24.3 Å². The van der Waals surface area contributed by atoms with Crippen LogP contribution in [-0.4, -0.2) is 31.1 Å². The summed E-state index contributed by atoms with van der Waals surface area (Å²) in [6, 6.07) is 8.72. The zero-order chi connectivity index (χ0) is 14.7. The molecule has 3 heteroatoms. The topological polar surface area (TPSA) is 38.5 Å². The number of methoxy groups -OCH3 is 1. The molecule has 3 nitrogen and oxygen atoms in total. The maximum atomic E-state index is 6.29. The van der Waals surface area contributed by atoms with Crippen LogP contribution in [0.2, 0.25) is 0 Å². The number of hydrogen-bond donors (Lipinski definition) is 1. The van der Waals surface area contributed by atoms with Crippen molar-refractivity contribution in [2.75, 3.05) is 20.2 Å². The molecule has 0 saturated carbocycles. The molecule has 4 unspecified atom stereocenters. The van der Waals surface area contributed by atoms with Gasteiger partial charge in [-0.15, -0.1) is 0 Å². The summed E-state index contributed by atoms with van der Waals surface area (Å²) in [6.07, 6.45) is 1.26. The van der Waals surface area contributed by atoms with Gasteiger partial charge in [0.25, 0.3) is 0 Å². The van der Waals surface area contributed by atoms with Crippen LogP contribution in [0.5, 0.6) is 5.75 Å². The molecule has 112 valence electrons. The molecule has 1 aromatic rings. The van der Waals surface area contributed by atoms with Crippen molar-refractivity contribution < 1.29 is 4.74 Å². The van der Waals surface area contributed by atoms with E-state index < -0.39 is 0 Å². The summed E-state index contributed by atoms with van der Waals surface area (Å²) >= 11 is 0. The minimum Gasteiger partial charge on any atom is -0.497 e. The van der Waals surface area contributed by atoms with Gasteiger partial charge < -0.3 is 10.5 Å². The average molecular weight is 276 g/mol. The van der Waals surface area contributed by atoms with Gasteiger partial charge in [-0.3, -0.25) is 4.90 Å². The highest BCUT2D eigenvalue weighted by Gasteiger charge is 2.30. The second-order valence-corrected chi connectivity index (χ2v) is 6.32. The van der Waals surface area contributed by atoms with Gasteiger partial charge in [0.2, 0.25) is 0 Å². The number of ether oxygens (including phenoxy) is 1. The largest absolute Gasteiger partial charge is 0.497 e. The van der Waals surface area contributed by atoms with Gasteiger partial charge in [-0.05, 0) is 49.4 Å². The maximum Gasteiger partial charge on any atom is 0.119 e. The van der Waals surface area contributed by atoms with Gasteiger partial charge in [-0.25, -0.2) is 0 Å². The molecule has 1 aliphatic heterocycles. The van der Waals surface area contributed by atoms with E-state index >= 15 is 0 Å². The summed E-state index contributed by atoms with van der Waals surface area (Å²) in [5.41, 5.74) is 7.55. The summed E-state index contributed by atoms with van der Waals surface area (Å²) < 4.78 is 5.35. The third kappa shape index (κ3) is 3.33. The molecule has 4 atom stereocenters. The molecule has 1 fully saturated rings. The fourth-order valence-electron chi connectivity index (χ4n) is 3.22. The molecule has 1 saturated heterocycles. The lowest BCUT2D eigenvalue weighted by Crippen LogP contribution is -2.46. The van der Waals surface area contributed by atoms with Gasteiger partial charge in [-0.1, -0.05) is 26.0 Å². The highest BCUT2D eigenvalue weighted by atomic mass is 16.5. The molecule has 1 aromatic carbocycles. The molecule has 0 aliphatic carbocycles. The molecule has 20 heavy (non-hydrogen) atoms. The molecular formula is C17H28N2O. The highest BCUT2D eigenvalue weighted by molar-refractivity contribution is 5.31. The van der Waals surface area contributed by atoms with Gasteiger partial charge in [0.05, 0.1) is 7.11 Å². The number of hydrogen-bond acceptors (Lipinski definition) is 3. The molecule has 0 bridgehead atoms. The molecular weight excluding hydrogens is 248 g/mol. The summed E-state index contributed by atoms with van der Waals surface area (Å²) in [4.78, 5) is 2.55. The Morgan fingerprint density at radius 2 is 2.05 bits per heavy atom. The van der Waals surface area contributed by atoms with Crippen molar-refractivity contribution in [1.82, 2.24) is 4.90 Å². The Bertz CT molecular complexity index is 433. The van der Waals surface area contributed by atoms with Gasteiger partial charge in [0, 0.05) is 18.6 Å². The van der Waals surface area contributed by atoms with E-state index in [-0.39, 0.29) is 12.1 Å². The highest BCUT2D eigenvalue weighted by Crippen LogP contribution is 2.32. The molecule has 1 aliphatic rings. The first-order chi connectivity index (χ1) is 9.52. The van der Waals surface area contributed by atoms with Crippen LogP contribution in [-0.2, 0) is 0 Å². The Kier molecular flexibility index (Phi) is 5.06. The van der Waals surface area contributed by atoms with Gasteiger partial charge in [0.1, 0.15) is 5.75 Å². The smallest absolute Gasteiger partial charge is 0.119 e. The first-order valence-electron chi connectivity index (χ1n) is 7.66. The van der Waals surface area contributed by atoms with Crippen molar-refractivity contribution in [3.63, 3.8) is 0 Å². The Hall–Kier alpha value is -1.06. The lowest BCUT2D eigenvalue weighted by Gasteiger charge is -2.42. The molecule has 1 heterocycles. The van der Waals surface area contributed by atoms with E-state index in [9.17, 15) is 0 Å². The number of rotatable bonds is 4. The van der Waals surface area contributed by atoms with Crippen LogP contribution in [0.3, 0.4) is 0 Å². The van der Waals surface area contributed by atoms with E-state index in [1.54, 1.807) is 7.11 Å². The van der Waals surface area contributed by atoms with E-state index in [1.807, 2.05) is 6.07 Å². The second kappa shape index (κ2) is 6.59. The molecule has 0 spiro atoms. The summed E-state index contributed by atoms with van der Waals surface area (Å²) in [6.45, 7) is 9.07. The van der Waals surface area contributed by atoms with E-state index in [2.05, 4.69) is 43.9 Å². The average Bonchev–Trinajstić information content (AvgIpc) is 2.43. The minimum atomic E-state index is 0.114. The number of benzene rings is 1. The quantitative estimate of drug-likeness (QED) is 0.918. The maximum absolute atomic E-state index is 6.29. The standard InChI is InChI=1S/C17H28N2O/c1-12-8-9-19(11-13(12)2)17(14(3)18)15-6-5-7-16(10-15)20-4/h5-7,10,12-14,17H,8-9,11,18H2,1-4H3. The zero-order valence-electron chi connectivity index (χ0n) is 13.2. The van der Waals surface area contributed by atoms with Crippen LogP contribution in [0.1, 0.15) is 38.8 Å². The molecule has 0 amide bonds. The number of likely N-dealkylation sites (tertiary alicyclic amines) is 1. The van der Waals surface area contributed by atoms with Crippen molar-refractivity contribution in [2.45, 2.75) is 39.3 Å². The van der Waals surface area contributed by atoms with E-state index in [0.717, 1.165) is 30.7 Å². The number of nitrogens with two attached hydrogens (primary N) is 1. The van der Waals surface area contributed by atoms with Crippen molar-refractivity contribution >= 4 is 0 Å². The van der Waals surface area contributed by atoms with Gasteiger partial charge in [-0.2, -0.15) is 0 Å². The van der Waals surface area contributed by atoms with Crippen LogP contribution in [0, 0.1) is 11.8 Å². The first kappa shape index (κ1) is 15.3. The third-order valence-corrected chi connectivity index (χ3v) is 4.69. The molecule has 2 N–H and O–H groups in total. The lowest BCUT2D eigenvalue weighted by molar-refractivity contribution is 0.0850. The second-order valence-electron chi connectivity index (χ2n) is 6.32. The third-order valence-electron chi connectivity index (χ3n) is 4.69. The van der Waals surface area contributed by atoms with Crippen LogP contribution < -0.4 is 10.5 Å². The number of piperidine rings is 1. The van der Waals surface area contributed by atoms with Crippen molar-refractivity contribution in [3.05, 3.63) is 29.8 Å². The Labute approximate surface area is 123 Å². The van der Waals surface area contributed by atoms with Crippen LogP contribution in [0.25, 0.3) is 0 Å². The minimum absolute atomic E-state index is 0.114. The van der Waals surface area contributed by atoms with E-state index in [1.165, 1.54) is 12.0 Å². The summed E-state index contributed by atoms with van der Waals surface area (Å²) in [5, 5.41) is 0. The first-order valence-corrected chi connectivity index (χ1v) is 7.66. The predicted octanol–water partition coefficient (Wildman–Crippen LogP) is 3.06.